The molecule has 0 saturated carbocycles. The van der Waals surface area contributed by atoms with E-state index in [-0.39, 0.29) is 0 Å². The molecule has 6 rings (SSSR count). The van der Waals surface area contributed by atoms with Gasteiger partial charge in [-0.25, -0.2) is 4.98 Å². The topological polar surface area (TPSA) is 47.2 Å². The molecule has 2 aliphatic heterocycles. The molecule has 0 atom stereocenters. The maximum atomic E-state index is 4.78. The fourth-order valence-electron chi connectivity index (χ4n) is 5.25. The van der Waals surface area contributed by atoms with Gasteiger partial charge in [-0.15, -0.1) is 0 Å². The summed E-state index contributed by atoms with van der Waals surface area (Å²) in [6, 6.07) is 18.1. The number of nitrogens with zero attached hydrogens (tertiary/aromatic N) is 3. The zero-order valence-corrected chi connectivity index (χ0v) is 19.5. The molecule has 2 aliphatic rings. The Kier molecular flexibility index (Phi) is 5.16. The van der Waals surface area contributed by atoms with Gasteiger partial charge in [0.25, 0.3) is 0 Å². The van der Waals surface area contributed by atoms with Crippen LogP contribution in [0.15, 0.2) is 54.7 Å². The van der Waals surface area contributed by atoms with E-state index in [9.17, 15) is 0 Å². The van der Waals surface area contributed by atoms with Crippen LogP contribution in [-0.2, 0) is 13.0 Å². The second-order valence-corrected chi connectivity index (χ2v) is 9.57. The number of rotatable bonds is 4. The average molecular weight is 438 g/mol. The summed E-state index contributed by atoms with van der Waals surface area (Å²) >= 11 is 0. The van der Waals surface area contributed by atoms with Crippen LogP contribution < -0.4 is 5.32 Å². The molecular weight excluding hydrogens is 406 g/mol. The lowest BCUT2D eigenvalue weighted by Crippen LogP contribution is -2.43. The first-order valence-electron chi connectivity index (χ1n) is 12.0. The maximum absolute atomic E-state index is 4.78. The summed E-state index contributed by atoms with van der Waals surface area (Å²) in [6.45, 7) is 8.81. The number of anilines is 1. The van der Waals surface area contributed by atoms with E-state index in [0.717, 1.165) is 56.9 Å². The van der Waals surface area contributed by atoms with Crippen molar-refractivity contribution in [1.82, 2.24) is 19.8 Å². The van der Waals surface area contributed by atoms with E-state index in [1.165, 1.54) is 44.6 Å². The molecule has 33 heavy (non-hydrogen) atoms. The molecule has 5 nitrogen and oxygen atoms in total. The Morgan fingerprint density at radius 1 is 0.909 bits per heavy atom. The summed E-state index contributed by atoms with van der Waals surface area (Å²) in [5.41, 5.74) is 11.1. The molecule has 2 N–H and O–H groups in total. The van der Waals surface area contributed by atoms with Crippen LogP contribution >= 0.6 is 0 Å². The van der Waals surface area contributed by atoms with Crippen LogP contribution in [0.3, 0.4) is 0 Å². The Balaban J connectivity index is 1.29. The molecule has 168 valence electrons. The van der Waals surface area contributed by atoms with Gasteiger partial charge in [0.2, 0.25) is 0 Å². The van der Waals surface area contributed by atoms with Crippen LogP contribution in [0, 0.1) is 6.92 Å². The molecule has 4 heterocycles. The Morgan fingerprint density at radius 2 is 1.70 bits per heavy atom. The van der Waals surface area contributed by atoms with Crippen molar-refractivity contribution in [2.24, 2.45) is 0 Å². The van der Waals surface area contributed by atoms with E-state index < -0.39 is 0 Å². The van der Waals surface area contributed by atoms with E-state index in [0.29, 0.717) is 0 Å². The third-order valence-corrected chi connectivity index (χ3v) is 7.23. The summed E-state index contributed by atoms with van der Waals surface area (Å²) in [7, 11) is 2.20. The number of fused-ring (bicyclic) bond motifs is 2. The van der Waals surface area contributed by atoms with Gasteiger partial charge in [0.1, 0.15) is 5.65 Å². The predicted octanol–water partition coefficient (Wildman–Crippen LogP) is 4.92. The van der Waals surface area contributed by atoms with E-state index in [1.54, 1.807) is 0 Å². The van der Waals surface area contributed by atoms with E-state index >= 15 is 0 Å². The van der Waals surface area contributed by atoms with Crippen molar-refractivity contribution >= 4 is 16.7 Å². The molecule has 1 saturated heterocycles. The van der Waals surface area contributed by atoms with Crippen molar-refractivity contribution in [1.29, 1.82) is 0 Å². The molecule has 0 amide bonds. The van der Waals surface area contributed by atoms with Crippen molar-refractivity contribution < 1.29 is 0 Å². The molecule has 0 bridgehead atoms. The minimum absolute atomic E-state index is 0.955. The minimum atomic E-state index is 0.955. The first kappa shape index (κ1) is 20.5. The number of aromatic amines is 1. The largest absolute Gasteiger partial charge is 0.384 e. The number of pyridine rings is 1. The standard InChI is InChI=1S/C28H31N5/c1-19-27(23-7-8-26-22(15-23)9-10-29-26)25-16-24(17-30-28(25)31-19)21-5-3-20(4-6-21)18-33-13-11-32(2)12-14-33/h3-8,15-17,29H,9-14,18H2,1-2H3,(H,30,31). The first-order valence-corrected chi connectivity index (χ1v) is 12.0. The maximum Gasteiger partial charge on any atom is 0.138 e. The number of aromatic nitrogens is 2. The van der Waals surface area contributed by atoms with Gasteiger partial charge in [-0.05, 0) is 60.8 Å². The first-order chi connectivity index (χ1) is 16.1. The summed E-state index contributed by atoms with van der Waals surface area (Å²) in [5.74, 6) is 0. The molecule has 5 heteroatoms. The minimum Gasteiger partial charge on any atom is -0.384 e. The van der Waals surface area contributed by atoms with Crippen LogP contribution in [0.2, 0.25) is 0 Å². The SMILES string of the molecule is Cc1[nH]c2ncc(-c3ccc(CN4CCN(C)CC4)cc3)cc2c1-c1ccc2c(c1)CCN2. The van der Waals surface area contributed by atoms with Crippen molar-refractivity contribution in [3.8, 4) is 22.3 Å². The highest BCUT2D eigenvalue weighted by Gasteiger charge is 2.17. The third kappa shape index (κ3) is 3.92. The molecular formula is C28H31N5. The quantitative estimate of drug-likeness (QED) is 0.476. The highest BCUT2D eigenvalue weighted by Crippen LogP contribution is 2.36. The zero-order valence-electron chi connectivity index (χ0n) is 19.5. The zero-order chi connectivity index (χ0) is 22.4. The number of hydrogen-bond acceptors (Lipinski definition) is 4. The van der Waals surface area contributed by atoms with Gasteiger partial charge in [0.15, 0.2) is 0 Å². The lowest BCUT2D eigenvalue weighted by atomic mass is 9.98. The van der Waals surface area contributed by atoms with Crippen LogP contribution in [0.5, 0.6) is 0 Å². The van der Waals surface area contributed by atoms with Crippen molar-refractivity contribution in [2.45, 2.75) is 19.9 Å². The smallest absolute Gasteiger partial charge is 0.138 e. The van der Waals surface area contributed by atoms with Gasteiger partial charge < -0.3 is 15.2 Å². The highest BCUT2D eigenvalue weighted by atomic mass is 15.2. The van der Waals surface area contributed by atoms with Crippen molar-refractivity contribution in [3.63, 3.8) is 0 Å². The summed E-state index contributed by atoms with van der Waals surface area (Å²) in [5, 5.41) is 4.65. The molecule has 4 aromatic rings. The van der Waals surface area contributed by atoms with E-state index in [4.69, 9.17) is 4.98 Å². The molecule has 0 aliphatic carbocycles. The van der Waals surface area contributed by atoms with Gasteiger partial charge in [-0.3, -0.25) is 4.90 Å². The van der Waals surface area contributed by atoms with Crippen molar-refractivity contribution in [2.75, 3.05) is 45.1 Å². The van der Waals surface area contributed by atoms with E-state index in [1.807, 2.05) is 6.20 Å². The van der Waals surface area contributed by atoms with Gasteiger partial charge in [0.05, 0.1) is 0 Å². The molecule has 0 unspecified atom stereocenters. The molecule has 2 aromatic carbocycles. The number of benzene rings is 2. The number of hydrogen-bond donors (Lipinski definition) is 2. The molecule has 0 radical (unpaired) electrons. The predicted molar refractivity (Wildman–Crippen MR) is 137 cm³/mol. The number of aryl methyl sites for hydroxylation is 1. The monoisotopic (exact) mass is 437 g/mol. The van der Waals surface area contributed by atoms with Crippen LogP contribution in [0.25, 0.3) is 33.3 Å². The highest BCUT2D eigenvalue weighted by molar-refractivity contribution is 5.98. The number of piperazine rings is 1. The average Bonchev–Trinajstić information content (AvgIpc) is 3.43. The van der Waals surface area contributed by atoms with E-state index in [2.05, 4.69) is 82.6 Å². The Hall–Kier alpha value is -3.15. The summed E-state index contributed by atoms with van der Waals surface area (Å²) in [4.78, 5) is 13.2. The number of H-pyrrole nitrogens is 1. The van der Waals surface area contributed by atoms with Crippen LogP contribution in [-0.4, -0.2) is 59.5 Å². The second-order valence-electron chi connectivity index (χ2n) is 9.57. The van der Waals surface area contributed by atoms with Gasteiger partial charge in [-0.1, -0.05) is 30.3 Å². The van der Waals surface area contributed by atoms with Crippen molar-refractivity contribution in [3.05, 3.63) is 71.5 Å². The van der Waals surface area contributed by atoms with Crippen LogP contribution in [0.1, 0.15) is 16.8 Å². The molecule has 2 aromatic heterocycles. The van der Waals surface area contributed by atoms with Gasteiger partial charge in [-0.2, -0.15) is 0 Å². The number of likely N-dealkylation sites (N-methyl/N-ethyl adjacent to an activating group) is 1. The van der Waals surface area contributed by atoms with Crippen LogP contribution in [0.4, 0.5) is 5.69 Å². The number of nitrogens with one attached hydrogen (secondary N) is 2. The molecule has 1 fully saturated rings. The second kappa shape index (κ2) is 8.32. The lowest BCUT2D eigenvalue weighted by molar-refractivity contribution is 0.148. The third-order valence-electron chi connectivity index (χ3n) is 7.23. The Labute approximate surface area is 195 Å². The lowest BCUT2D eigenvalue weighted by Gasteiger charge is -2.32. The normalized spacial score (nSPS) is 16.8. The fraction of sp³-hybridized carbons (Fsp3) is 0.321. The Bertz CT molecular complexity index is 1300. The summed E-state index contributed by atoms with van der Waals surface area (Å²) in [6.07, 6.45) is 3.08. The van der Waals surface area contributed by atoms with Gasteiger partial charge in [0, 0.05) is 73.4 Å². The summed E-state index contributed by atoms with van der Waals surface area (Å²) < 4.78 is 0. The van der Waals surface area contributed by atoms with Gasteiger partial charge >= 0.3 is 0 Å². The Morgan fingerprint density at radius 3 is 2.52 bits per heavy atom. The molecule has 0 spiro atoms. The fourth-order valence-corrected chi connectivity index (χ4v) is 5.25.